The van der Waals surface area contributed by atoms with Gasteiger partial charge >= 0.3 is 0 Å². The summed E-state index contributed by atoms with van der Waals surface area (Å²) in [7, 11) is 0. The summed E-state index contributed by atoms with van der Waals surface area (Å²) < 4.78 is 7.19. The molecule has 1 amide bonds. The van der Waals surface area contributed by atoms with Gasteiger partial charge in [-0.05, 0) is 30.4 Å². The van der Waals surface area contributed by atoms with Crippen molar-refractivity contribution in [3.05, 3.63) is 34.3 Å². The first-order valence-corrected chi connectivity index (χ1v) is 7.09. The van der Waals surface area contributed by atoms with E-state index in [0.717, 1.165) is 29.2 Å². The van der Waals surface area contributed by atoms with E-state index < -0.39 is 0 Å². The van der Waals surface area contributed by atoms with Crippen LogP contribution in [0.4, 0.5) is 5.69 Å². The number of ether oxygens (including phenoxy) is 1. The van der Waals surface area contributed by atoms with Crippen molar-refractivity contribution in [1.29, 1.82) is 0 Å². The summed E-state index contributed by atoms with van der Waals surface area (Å²) >= 11 is 1.45. The SMILES string of the molecule is Cc1csc(C(=O)Nc2cnn(C3CCOC3)c2)c1. The second-order valence-corrected chi connectivity index (χ2v) is 5.58. The second-order valence-electron chi connectivity index (χ2n) is 4.67. The Bertz CT molecular complexity index is 584. The number of nitrogens with one attached hydrogen (secondary N) is 1. The van der Waals surface area contributed by atoms with Crippen LogP contribution in [0.3, 0.4) is 0 Å². The summed E-state index contributed by atoms with van der Waals surface area (Å²) in [5.74, 6) is -0.0830. The average Bonchev–Trinajstić information content (AvgIpc) is 3.07. The number of amides is 1. The highest BCUT2D eigenvalue weighted by Crippen LogP contribution is 2.20. The summed E-state index contributed by atoms with van der Waals surface area (Å²) in [5, 5.41) is 9.10. The van der Waals surface area contributed by atoms with E-state index in [9.17, 15) is 4.79 Å². The standard InChI is InChI=1S/C13H15N3O2S/c1-9-4-12(19-8-9)13(17)15-10-5-14-16(6-10)11-2-3-18-7-11/h4-6,8,11H,2-3,7H2,1H3,(H,15,17). The van der Waals surface area contributed by atoms with Crippen molar-refractivity contribution in [2.24, 2.45) is 0 Å². The van der Waals surface area contributed by atoms with Crippen LogP contribution < -0.4 is 5.32 Å². The van der Waals surface area contributed by atoms with Crippen LogP contribution in [0.25, 0.3) is 0 Å². The van der Waals surface area contributed by atoms with Crippen LogP contribution in [0.5, 0.6) is 0 Å². The maximum Gasteiger partial charge on any atom is 0.265 e. The lowest BCUT2D eigenvalue weighted by molar-refractivity contribution is 0.103. The summed E-state index contributed by atoms with van der Waals surface area (Å²) in [4.78, 5) is 12.7. The molecule has 0 saturated carbocycles. The van der Waals surface area contributed by atoms with Gasteiger partial charge in [0.1, 0.15) is 0 Å². The minimum Gasteiger partial charge on any atom is -0.379 e. The van der Waals surface area contributed by atoms with Crippen LogP contribution in [-0.4, -0.2) is 28.9 Å². The smallest absolute Gasteiger partial charge is 0.265 e. The van der Waals surface area contributed by atoms with E-state index in [1.165, 1.54) is 11.3 Å². The first-order valence-electron chi connectivity index (χ1n) is 6.21. The third kappa shape index (κ3) is 2.69. The maximum absolute atomic E-state index is 12.0. The Balaban J connectivity index is 1.68. The minimum absolute atomic E-state index is 0.0830. The third-order valence-electron chi connectivity index (χ3n) is 3.09. The van der Waals surface area contributed by atoms with Crippen molar-refractivity contribution in [1.82, 2.24) is 9.78 Å². The highest BCUT2D eigenvalue weighted by Gasteiger charge is 2.18. The molecule has 2 aromatic heterocycles. The summed E-state index contributed by atoms with van der Waals surface area (Å²) in [5.41, 5.74) is 1.83. The summed E-state index contributed by atoms with van der Waals surface area (Å²) in [6, 6.07) is 2.17. The molecule has 1 saturated heterocycles. The van der Waals surface area contributed by atoms with E-state index >= 15 is 0 Å². The zero-order valence-electron chi connectivity index (χ0n) is 10.6. The van der Waals surface area contributed by atoms with Crippen molar-refractivity contribution in [3.63, 3.8) is 0 Å². The molecule has 3 rings (SSSR count). The number of anilines is 1. The average molecular weight is 277 g/mol. The van der Waals surface area contributed by atoms with E-state index in [2.05, 4.69) is 10.4 Å². The van der Waals surface area contributed by atoms with Crippen LogP contribution in [0.15, 0.2) is 23.8 Å². The molecule has 3 heterocycles. The lowest BCUT2D eigenvalue weighted by Gasteiger charge is -2.06. The molecule has 0 radical (unpaired) electrons. The van der Waals surface area contributed by atoms with Crippen LogP contribution in [-0.2, 0) is 4.74 Å². The lowest BCUT2D eigenvalue weighted by atomic mass is 10.3. The fraction of sp³-hybridized carbons (Fsp3) is 0.385. The molecule has 1 aliphatic heterocycles. The first-order chi connectivity index (χ1) is 9.22. The second kappa shape index (κ2) is 5.14. The largest absolute Gasteiger partial charge is 0.379 e. The predicted octanol–water partition coefficient (Wildman–Crippen LogP) is 2.47. The van der Waals surface area contributed by atoms with Gasteiger partial charge in [0.15, 0.2) is 0 Å². The Hall–Kier alpha value is -1.66. The molecule has 0 aliphatic carbocycles. The number of rotatable bonds is 3. The van der Waals surface area contributed by atoms with Crippen LogP contribution in [0.2, 0.25) is 0 Å². The van der Waals surface area contributed by atoms with Crippen LogP contribution >= 0.6 is 11.3 Å². The van der Waals surface area contributed by atoms with Crippen molar-refractivity contribution in [2.75, 3.05) is 18.5 Å². The lowest BCUT2D eigenvalue weighted by Crippen LogP contribution is -2.10. The maximum atomic E-state index is 12.0. The highest BCUT2D eigenvalue weighted by molar-refractivity contribution is 7.12. The Kier molecular flexibility index (Phi) is 3.35. The Labute approximate surface area is 115 Å². The van der Waals surface area contributed by atoms with Gasteiger partial charge in [0.25, 0.3) is 5.91 Å². The molecule has 1 fully saturated rings. The Morgan fingerprint density at radius 1 is 1.63 bits per heavy atom. The van der Waals surface area contributed by atoms with E-state index in [1.807, 2.05) is 29.2 Å². The Morgan fingerprint density at radius 2 is 2.53 bits per heavy atom. The van der Waals surface area contributed by atoms with Gasteiger partial charge in [-0.3, -0.25) is 9.48 Å². The topological polar surface area (TPSA) is 56.2 Å². The quantitative estimate of drug-likeness (QED) is 0.937. The van der Waals surface area contributed by atoms with E-state index in [4.69, 9.17) is 4.74 Å². The first kappa shape index (κ1) is 12.4. The molecular formula is C13H15N3O2S. The minimum atomic E-state index is -0.0830. The zero-order chi connectivity index (χ0) is 13.2. The number of aromatic nitrogens is 2. The number of thiophene rings is 1. The normalized spacial score (nSPS) is 18.7. The van der Waals surface area contributed by atoms with E-state index in [0.29, 0.717) is 6.61 Å². The summed E-state index contributed by atoms with van der Waals surface area (Å²) in [6.07, 6.45) is 4.51. The molecule has 0 aromatic carbocycles. The zero-order valence-corrected chi connectivity index (χ0v) is 11.4. The van der Waals surface area contributed by atoms with E-state index in [1.54, 1.807) is 6.20 Å². The molecule has 1 aliphatic rings. The number of carbonyl (C=O) groups is 1. The van der Waals surface area contributed by atoms with Crippen LogP contribution in [0.1, 0.15) is 27.7 Å². The third-order valence-corrected chi connectivity index (χ3v) is 4.14. The predicted molar refractivity (Wildman–Crippen MR) is 73.7 cm³/mol. The van der Waals surface area contributed by atoms with Crippen LogP contribution in [0, 0.1) is 6.92 Å². The van der Waals surface area contributed by atoms with Gasteiger partial charge in [0.2, 0.25) is 0 Å². The van der Waals surface area contributed by atoms with Gasteiger partial charge in [0.05, 0.1) is 29.4 Å². The van der Waals surface area contributed by atoms with Crippen molar-refractivity contribution in [2.45, 2.75) is 19.4 Å². The van der Waals surface area contributed by atoms with Crippen molar-refractivity contribution >= 4 is 22.9 Å². The van der Waals surface area contributed by atoms with Gasteiger partial charge in [-0.1, -0.05) is 0 Å². The molecule has 6 heteroatoms. The van der Waals surface area contributed by atoms with E-state index in [-0.39, 0.29) is 11.9 Å². The number of hydrogen-bond acceptors (Lipinski definition) is 4. The Morgan fingerprint density at radius 3 is 3.21 bits per heavy atom. The molecule has 100 valence electrons. The number of carbonyl (C=O) groups excluding carboxylic acids is 1. The highest BCUT2D eigenvalue weighted by atomic mass is 32.1. The monoisotopic (exact) mass is 277 g/mol. The fourth-order valence-electron chi connectivity index (χ4n) is 2.08. The van der Waals surface area contributed by atoms with Crippen molar-refractivity contribution < 1.29 is 9.53 Å². The number of nitrogens with zero attached hydrogens (tertiary/aromatic N) is 2. The van der Waals surface area contributed by atoms with Gasteiger partial charge in [0, 0.05) is 12.8 Å². The number of hydrogen-bond donors (Lipinski definition) is 1. The molecule has 19 heavy (non-hydrogen) atoms. The van der Waals surface area contributed by atoms with Gasteiger partial charge in [-0.25, -0.2) is 0 Å². The van der Waals surface area contributed by atoms with Gasteiger partial charge in [-0.2, -0.15) is 5.10 Å². The molecule has 1 atom stereocenters. The number of aryl methyl sites for hydroxylation is 1. The fourth-order valence-corrected chi connectivity index (χ4v) is 2.87. The molecule has 2 aromatic rings. The molecule has 0 bridgehead atoms. The van der Waals surface area contributed by atoms with Crippen molar-refractivity contribution in [3.8, 4) is 0 Å². The molecular weight excluding hydrogens is 262 g/mol. The molecule has 1 unspecified atom stereocenters. The summed E-state index contributed by atoms with van der Waals surface area (Å²) in [6.45, 7) is 3.45. The molecule has 0 spiro atoms. The van der Waals surface area contributed by atoms with Gasteiger partial charge < -0.3 is 10.1 Å². The molecule has 5 nitrogen and oxygen atoms in total. The van der Waals surface area contributed by atoms with Gasteiger partial charge in [-0.15, -0.1) is 11.3 Å². The molecule has 1 N–H and O–H groups in total.